The summed E-state index contributed by atoms with van der Waals surface area (Å²) in [4.78, 5) is 9.79. The molecule has 1 aromatic rings. The fourth-order valence-electron chi connectivity index (χ4n) is 1.58. The fourth-order valence-corrected chi connectivity index (χ4v) is 1.58. The maximum absolute atomic E-state index is 13.4. The topological polar surface area (TPSA) is 55.2 Å². The van der Waals surface area contributed by atoms with Gasteiger partial charge in [-0.15, -0.1) is 0 Å². The van der Waals surface area contributed by atoms with Crippen molar-refractivity contribution in [2.24, 2.45) is 5.92 Å². The quantitative estimate of drug-likeness (QED) is 0.618. The van der Waals surface area contributed by atoms with Gasteiger partial charge in [-0.2, -0.15) is 0 Å². The Morgan fingerprint density at radius 1 is 1.50 bits per heavy atom. The number of hydrogen-bond donors (Lipinski definition) is 1. The lowest BCUT2D eigenvalue weighted by Crippen LogP contribution is -2.04. The summed E-state index contributed by atoms with van der Waals surface area (Å²) in [6.45, 7) is 0.722. The van der Waals surface area contributed by atoms with E-state index in [0.29, 0.717) is 5.69 Å². The zero-order chi connectivity index (χ0) is 11.5. The summed E-state index contributed by atoms with van der Waals surface area (Å²) in [7, 11) is 0. The monoisotopic (exact) mass is 224 g/mol. The normalized spacial score (nSPS) is 14.8. The maximum Gasteiger partial charge on any atom is 0.272 e. The molecule has 0 saturated heterocycles. The molecule has 0 bridgehead atoms. The zero-order valence-corrected chi connectivity index (χ0v) is 8.78. The number of nitrogens with zero attached hydrogens (tertiary/aromatic N) is 1. The summed E-state index contributed by atoms with van der Waals surface area (Å²) in [5.41, 5.74) is 0.122. The van der Waals surface area contributed by atoms with Gasteiger partial charge in [-0.3, -0.25) is 10.1 Å². The van der Waals surface area contributed by atoms with Crippen LogP contribution in [-0.2, 0) is 0 Å². The van der Waals surface area contributed by atoms with E-state index in [4.69, 9.17) is 0 Å². The van der Waals surface area contributed by atoms with Gasteiger partial charge in [0.15, 0.2) is 5.82 Å². The molecule has 2 rings (SSSR count). The van der Waals surface area contributed by atoms with Crippen LogP contribution in [0.3, 0.4) is 0 Å². The molecule has 1 N–H and O–H groups in total. The highest BCUT2D eigenvalue weighted by Gasteiger charge is 2.20. The van der Waals surface area contributed by atoms with Gasteiger partial charge >= 0.3 is 0 Å². The van der Waals surface area contributed by atoms with E-state index in [1.54, 1.807) is 0 Å². The van der Waals surface area contributed by atoms with Crippen molar-refractivity contribution >= 4 is 11.4 Å². The van der Waals surface area contributed by atoms with Crippen molar-refractivity contribution in [1.82, 2.24) is 0 Å². The van der Waals surface area contributed by atoms with E-state index in [2.05, 4.69) is 5.32 Å². The molecule has 0 unspecified atom stereocenters. The first-order chi connectivity index (χ1) is 7.66. The maximum atomic E-state index is 13.4. The molecule has 1 aromatic carbocycles. The number of nitrogens with one attached hydrogen (secondary N) is 1. The number of anilines is 1. The van der Waals surface area contributed by atoms with Crippen LogP contribution >= 0.6 is 0 Å². The number of nitro groups is 1. The fraction of sp³-hybridized carbons (Fsp3) is 0.455. The number of benzene rings is 1. The van der Waals surface area contributed by atoms with Gasteiger partial charge in [0.2, 0.25) is 0 Å². The molecule has 1 aliphatic rings. The Bertz CT molecular complexity index is 405. The largest absolute Gasteiger partial charge is 0.383 e. The Labute approximate surface area is 92.6 Å². The predicted octanol–water partition coefficient (Wildman–Crippen LogP) is 2.95. The Kier molecular flexibility index (Phi) is 3.03. The summed E-state index contributed by atoms with van der Waals surface area (Å²) in [5, 5.41) is 13.3. The first-order valence-electron chi connectivity index (χ1n) is 5.34. The predicted molar refractivity (Wildman–Crippen MR) is 58.9 cm³/mol. The zero-order valence-electron chi connectivity index (χ0n) is 8.78. The molecule has 0 heterocycles. The van der Waals surface area contributed by atoms with Gasteiger partial charge in [0, 0.05) is 12.6 Å². The van der Waals surface area contributed by atoms with Gasteiger partial charge in [0.25, 0.3) is 5.69 Å². The Morgan fingerprint density at radius 3 is 2.81 bits per heavy atom. The standard InChI is InChI=1S/C11H13FN2O2/c12-10-7-9(14(15)16)3-4-11(10)13-6-5-8-1-2-8/h3-4,7-8,13H,1-2,5-6H2. The van der Waals surface area contributed by atoms with Gasteiger partial charge < -0.3 is 5.32 Å². The van der Waals surface area contributed by atoms with Crippen LogP contribution in [0.4, 0.5) is 15.8 Å². The number of nitro benzene ring substituents is 1. The van der Waals surface area contributed by atoms with Crippen molar-refractivity contribution in [3.8, 4) is 0 Å². The number of hydrogen-bond acceptors (Lipinski definition) is 3. The molecule has 0 spiro atoms. The molecule has 0 aromatic heterocycles. The molecule has 86 valence electrons. The van der Waals surface area contributed by atoms with E-state index in [-0.39, 0.29) is 5.69 Å². The average Bonchev–Trinajstić information content (AvgIpc) is 3.04. The lowest BCUT2D eigenvalue weighted by molar-refractivity contribution is -0.385. The third-order valence-electron chi connectivity index (χ3n) is 2.73. The number of non-ortho nitro benzene ring substituents is 1. The van der Waals surface area contributed by atoms with Crippen LogP contribution < -0.4 is 5.32 Å². The summed E-state index contributed by atoms with van der Waals surface area (Å²) in [6.07, 6.45) is 3.57. The van der Waals surface area contributed by atoms with Crippen molar-refractivity contribution in [2.75, 3.05) is 11.9 Å². The first kappa shape index (κ1) is 10.9. The van der Waals surface area contributed by atoms with E-state index in [1.165, 1.54) is 25.0 Å². The third kappa shape index (κ3) is 2.68. The van der Waals surface area contributed by atoms with Crippen LogP contribution in [0.2, 0.25) is 0 Å². The van der Waals surface area contributed by atoms with Crippen molar-refractivity contribution in [2.45, 2.75) is 19.3 Å². The molecular weight excluding hydrogens is 211 g/mol. The minimum atomic E-state index is -0.600. The SMILES string of the molecule is O=[N+]([O-])c1ccc(NCCC2CC2)c(F)c1. The average molecular weight is 224 g/mol. The van der Waals surface area contributed by atoms with E-state index < -0.39 is 10.7 Å². The highest BCUT2D eigenvalue weighted by atomic mass is 19.1. The summed E-state index contributed by atoms with van der Waals surface area (Å²) in [6, 6.07) is 3.67. The molecular formula is C11H13FN2O2. The highest BCUT2D eigenvalue weighted by Crippen LogP contribution is 2.32. The van der Waals surface area contributed by atoms with Crippen molar-refractivity contribution in [1.29, 1.82) is 0 Å². The van der Waals surface area contributed by atoms with Crippen LogP contribution in [0.25, 0.3) is 0 Å². The smallest absolute Gasteiger partial charge is 0.272 e. The lowest BCUT2D eigenvalue weighted by Gasteiger charge is -2.06. The number of rotatable bonds is 5. The third-order valence-corrected chi connectivity index (χ3v) is 2.73. The molecule has 0 aliphatic heterocycles. The molecule has 16 heavy (non-hydrogen) atoms. The van der Waals surface area contributed by atoms with Crippen LogP contribution in [0.5, 0.6) is 0 Å². The molecule has 0 atom stereocenters. The van der Waals surface area contributed by atoms with Crippen LogP contribution in [0.1, 0.15) is 19.3 Å². The van der Waals surface area contributed by atoms with Gasteiger partial charge in [-0.1, -0.05) is 12.8 Å². The molecule has 1 aliphatic carbocycles. The second kappa shape index (κ2) is 4.47. The number of halogens is 1. The van der Waals surface area contributed by atoms with Crippen molar-refractivity contribution in [3.63, 3.8) is 0 Å². The lowest BCUT2D eigenvalue weighted by atomic mass is 10.2. The molecule has 4 nitrogen and oxygen atoms in total. The van der Waals surface area contributed by atoms with E-state index >= 15 is 0 Å². The van der Waals surface area contributed by atoms with Crippen LogP contribution in [-0.4, -0.2) is 11.5 Å². The second-order valence-corrected chi connectivity index (χ2v) is 4.08. The van der Waals surface area contributed by atoms with Crippen LogP contribution in [0, 0.1) is 21.8 Å². The second-order valence-electron chi connectivity index (χ2n) is 4.08. The van der Waals surface area contributed by atoms with Crippen molar-refractivity contribution < 1.29 is 9.31 Å². The summed E-state index contributed by atoms with van der Waals surface area (Å²) >= 11 is 0. The molecule has 0 amide bonds. The summed E-state index contributed by atoms with van der Waals surface area (Å²) in [5.74, 6) is 0.221. The van der Waals surface area contributed by atoms with Gasteiger partial charge in [-0.25, -0.2) is 4.39 Å². The first-order valence-corrected chi connectivity index (χ1v) is 5.34. The van der Waals surface area contributed by atoms with Gasteiger partial charge in [0.1, 0.15) is 0 Å². The van der Waals surface area contributed by atoms with E-state index in [1.807, 2.05) is 0 Å². The Morgan fingerprint density at radius 2 is 2.25 bits per heavy atom. The molecule has 1 saturated carbocycles. The van der Waals surface area contributed by atoms with E-state index in [0.717, 1.165) is 24.9 Å². The van der Waals surface area contributed by atoms with Crippen LogP contribution in [0.15, 0.2) is 18.2 Å². The Hall–Kier alpha value is -1.65. The molecule has 5 heteroatoms. The van der Waals surface area contributed by atoms with E-state index in [9.17, 15) is 14.5 Å². The minimum absolute atomic E-state index is 0.217. The highest BCUT2D eigenvalue weighted by molar-refractivity contribution is 5.50. The molecule has 1 fully saturated rings. The van der Waals surface area contributed by atoms with Crippen molar-refractivity contribution in [3.05, 3.63) is 34.1 Å². The minimum Gasteiger partial charge on any atom is -0.383 e. The van der Waals surface area contributed by atoms with Gasteiger partial charge in [-0.05, 0) is 18.4 Å². The Balaban J connectivity index is 1.95. The summed E-state index contributed by atoms with van der Waals surface area (Å²) < 4.78 is 13.4. The van der Waals surface area contributed by atoms with Gasteiger partial charge in [0.05, 0.1) is 16.7 Å². The molecule has 0 radical (unpaired) electrons.